The predicted octanol–water partition coefficient (Wildman–Crippen LogP) is 2.67. The van der Waals surface area contributed by atoms with E-state index < -0.39 is 0 Å². The van der Waals surface area contributed by atoms with Gasteiger partial charge in [0.2, 0.25) is 0 Å². The molecule has 0 aliphatic carbocycles. The lowest BCUT2D eigenvalue weighted by Crippen LogP contribution is -2.20. The minimum Gasteiger partial charge on any atom is -0.383 e. The Balaban J connectivity index is 2.18. The summed E-state index contributed by atoms with van der Waals surface area (Å²) in [5.41, 5.74) is 7.67. The summed E-state index contributed by atoms with van der Waals surface area (Å²) >= 11 is 3.44. The van der Waals surface area contributed by atoms with Crippen molar-refractivity contribution in [3.63, 3.8) is 0 Å². The van der Waals surface area contributed by atoms with Gasteiger partial charge in [0.15, 0.2) is 0 Å². The van der Waals surface area contributed by atoms with Gasteiger partial charge in [-0.2, -0.15) is 5.10 Å². The first-order chi connectivity index (χ1) is 9.63. The van der Waals surface area contributed by atoms with E-state index in [4.69, 9.17) is 10.5 Å². The van der Waals surface area contributed by atoms with E-state index in [1.165, 1.54) is 6.07 Å². The van der Waals surface area contributed by atoms with Gasteiger partial charge in [0.05, 0.1) is 35.6 Å². The number of hydrogen-bond acceptors (Lipinski definition) is 3. The van der Waals surface area contributed by atoms with Crippen LogP contribution < -0.4 is 5.73 Å². The molecule has 1 aromatic heterocycles. The summed E-state index contributed by atoms with van der Waals surface area (Å²) in [5, 5.41) is 4.25. The van der Waals surface area contributed by atoms with Crippen LogP contribution in [0.2, 0.25) is 0 Å². The van der Waals surface area contributed by atoms with E-state index in [0.29, 0.717) is 25.1 Å². The van der Waals surface area contributed by atoms with Gasteiger partial charge in [-0.3, -0.25) is 4.68 Å². The fourth-order valence-corrected chi connectivity index (χ4v) is 2.68. The van der Waals surface area contributed by atoms with E-state index in [0.717, 1.165) is 10.2 Å². The van der Waals surface area contributed by atoms with Crippen LogP contribution in [0.5, 0.6) is 0 Å². The van der Waals surface area contributed by atoms with Crippen LogP contribution in [0.3, 0.4) is 0 Å². The van der Waals surface area contributed by atoms with Crippen molar-refractivity contribution in [3.8, 4) is 0 Å². The molecule has 0 aliphatic rings. The number of rotatable bonds is 6. The third-order valence-electron chi connectivity index (χ3n) is 3.09. The van der Waals surface area contributed by atoms with Crippen molar-refractivity contribution < 1.29 is 9.13 Å². The average molecular weight is 342 g/mol. The van der Waals surface area contributed by atoms with Crippen molar-refractivity contribution in [2.45, 2.75) is 19.0 Å². The molecule has 6 heteroatoms. The van der Waals surface area contributed by atoms with Crippen molar-refractivity contribution in [2.24, 2.45) is 5.73 Å². The lowest BCUT2D eigenvalue weighted by molar-refractivity contribution is 0.182. The molecule has 20 heavy (non-hydrogen) atoms. The molecule has 4 nitrogen and oxygen atoms in total. The lowest BCUT2D eigenvalue weighted by atomic mass is 10.0. The summed E-state index contributed by atoms with van der Waals surface area (Å²) in [6.07, 6.45) is 2.12. The Labute approximate surface area is 125 Å². The predicted molar refractivity (Wildman–Crippen MR) is 78.8 cm³/mol. The zero-order chi connectivity index (χ0) is 14.5. The van der Waals surface area contributed by atoms with Crippen LogP contribution in [0.15, 0.2) is 34.9 Å². The highest BCUT2D eigenvalue weighted by atomic mass is 79.9. The van der Waals surface area contributed by atoms with Crippen LogP contribution in [-0.2, 0) is 17.7 Å². The largest absolute Gasteiger partial charge is 0.383 e. The zero-order valence-corrected chi connectivity index (χ0v) is 12.8. The van der Waals surface area contributed by atoms with Gasteiger partial charge in [0.25, 0.3) is 0 Å². The molecule has 2 aromatic rings. The van der Waals surface area contributed by atoms with Gasteiger partial charge < -0.3 is 10.5 Å². The molecule has 1 unspecified atom stereocenters. The smallest absolute Gasteiger partial charge is 0.126 e. The Morgan fingerprint density at radius 2 is 2.20 bits per heavy atom. The molecule has 0 aliphatic heterocycles. The standard InChI is InChI=1S/C14H17BrFN3O/c1-20-7-6-19-14(11(15)9-18-19)13(17)8-10-4-2-3-5-12(10)16/h2-5,9,13H,6-8,17H2,1H3. The molecule has 1 heterocycles. The number of benzene rings is 1. The normalized spacial score (nSPS) is 12.6. The Morgan fingerprint density at radius 3 is 2.90 bits per heavy atom. The minimum atomic E-state index is -0.333. The topological polar surface area (TPSA) is 53.1 Å². The first-order valence-corrected chi connectivity index (χ1v) is 7.12. The number of nitrogens with zero attached hydrogens (tertiary/aromatic N) is 2. The van der Waals surface area contributed by atoms with E-state index >= 15 is 0 Å². The molecule has 2 rings (SSSR count). The second-order valence-corrected chi connectivity index (χ2v) is 5.35. The number of nitrogens with two attached hydrogens (primary N) is 1. The SMILES string of the molecule is COCCn1ncc(Br)c1C(N)Cc1ccccc1F. The minimum absolute atomic E-state index is 0.234. The highest BCUT2D eigenvalue weighted by molar-refractivity contribution is 9.10. The lowest BCUT2D eigenvalue weighted by Gasteiger charge is -2.15. The molecule has 0 amide bonds. The number of aromatic nitrogens is 2. The molecule has 108 valence electrons. The molecule has 0 saturated carbocycles. The molecule has 0 fully saturated rings. The van der Waals surface area contributed by atoms with Gasteiger partial charge in [-0.05, 0) is 34.0 Å². The molecule has 0 spiro atoms. The zero-order valence-electron chi connectivity index (χ0n) is 11.2. The van der Waals surface area contributed by atoms with Gasteiger partial charge in [-0.1, -0.05) is 18.2 Å². The third kappa shape index (κ3) is 3.45. The van der Waals surface area contributed by atoms with E-state index in [2.05, 4.69) is 21.0 Å². The summed E-state index contributed by atoms with van der Waals surface area (Å²) in [6.45, 7) is 1.16. The number of methoxy groups -OCH3 is 1. The van der Waals surface area contributed by atoms with Gasteiger partial charge in [-0.15, -0.1) is 0 Å². The Bertz CT molecular complexity index is 573. The van der Waals surface area contributed by atoms with Crippen LogP contribution in [0.25, 0.3) is 0 Å². The first kappa shape index (κ1) is 15.2. The summed E-state index contributed by atoms with van der Waals surface area (Å²) in [4.78, 5) is 0. The summed E-state index contributed by atoms with van der Waals surface area (Å²) in [7, 11) is 1.64. The average Bonchev–Trinajstić information content (AvgIpc) is 2.80. The van der Waals surface area contributed by atoms with Crippen molar-refractivity contribution in [1.29, 1.82) is 0 Å². The fraction of sp³-hybridized carbons (Fsp3) is 0.357. The molecule has 2 N–H and O–H groups in total. The van der Waals surface area contributed by atoms with Crippen LogP contribution in [0, 0.1) is 5.82 Å². The maximum atomic E-state index is 13.7. The molecule has 0 saturated heterocycles. The van der Waals surface area contributed by atoms with Crippen LogP contribution >= 0.6 is 15.9 Å². The first-order valence-electron chi connectivity index (χ1n) is 6.32. The van der Waals surface area contributed by atoms with Crippen molar-refractivity contribution in [2.75, 3.05) is 13.7 Å². The molecule has 0 bridgehead atoms. The second kappa shape index (κ2) is 6.97. The third-order valence-corrected chi connectivity index (χ3v) is 3.70. The second-order valence-electron chi connectivity index (χ2n) is 4.50. The maximum absolute atomic E-state index is 13.7. The summed E-state index contributed by atoms with van der Waals surface area (Å²) < 4.78 is 21.4. The highest BCUT2D eigenvalue weighted by Crippen LogP contribution is 2.25. The highest BCUT2D eigenvalue weighted by Gasteiger charge is 2.18. The Kier molecular flexibility index (Phi) is 5.28. The number of hydrogen-bond donors (Lipinski definition) is 1. The van der Waals surface area contributed by atoms with E-state index in [1.807, 2.05) is 6.07 Å². The van der Waals surface area contributed by atoms with Crippen molar-refractivity contribution in [1.82, 2.24) is 9.78 Å². The van der Waals surface area contributed by atoms with Gasteiger partial charge in [0.1, 0.15) is 5.82 Å². The van der Waals surface area contributed by atoms with Crippen LogP contribution in [0.1, 0.15) is 17.3 Å². The van der Waals surface area contributed by atoms with Crippen LogP contribution in [0.4, 0.5) is 4.39 Å². The van der Waals surface area contributed by atoms with Crippen molar-refractivity contribution in [3.05, 3.63) is 52.0 Å². The molecular formula is C14H17BrFN3O. The van der Waals surface area contributed by atoms with E-state index in [1.54, 1.807) is 30.1 Å². The molecule has 1 aromatic carbocycles. The fourth-order valence-electron chi connectivity index (χ4n) is 2.09. The molecule has 0 radical (unpaired) electrons. The van der Waals surface area contributed by atoms with E-state index in [-0.39, 0.29) is 11.9 Å². The van der Waals surface area contributed by atoms with Crippen LogP contribution in [-0.4, -0.2) is 23.5 Å². The molecular weight excluding hydrogens is 325 g/mol. The van der Waals surface area contributed by atoms with Crippen molar-refractivity contribution >= 4 is 15.9 Å². The number of halogens is 2. The maximum Gasteiger partial charge on any atom is 0.126 e. The monoisotopic (exact) mass is 341 g/mol. The number of ether oxygens (including phenoxy) is 1. The quantitative estimate of drug-likeness (QED) is 0.878. The summed E-state index contributed by atoms with van der Waals surface area (Å²) in [5.74, 6) is -0.234. The van der Waals surface area contributed by atoms with E-state index in [9.17, 15) is 4.39 Å². The van der Waals surface area contributed by atoms with Gasteiger partial charge >= 0.3 is 0 Å². The Hall–Kier alpha value is -1.24. The Morgan fingerprint density at radius 1 is 1.45 bits per heavy atom. The van der Waals surface area contributed by atoms with Gasteiger partial charge in [0, 0.05) is 7.11 Å². The summed E-state index contributed by atoms with van der Waals surface area (Å²) in [6, 6.07) is 6.34. The van der Waals surface area contributed by atoms with Gasteiger partial charge in [-0.25, -0.2) is 4.39 Å². The molecule has 1 atom stereocenters.